The summed E-state index contributed by atoms with van der Waals surface area (Å²) >= 11 is 0. The molecular formula is C10H14BFO2. The molecule has 0 saturated heterocycles. The van der Waals surface area contributed by atoms with Crippen LogP contribution in [0.25, 0.3) is 0 Å². The number of rotatable bonds is 3. The fraction of sp³-hybridized carbons (Fsp3) is 0.400. The standard InChI is InChI=1S/C10H14BFO2/c1-3-7(2)8-4-5-9(11(13)14)10(12)6-8/h4-7,13-14H,3H2,1-2H3. The Morgan fingerprint density at radius 3 is 2.50 bits per heavy atom. The minimum Gasteiger partial charge on any atom is -0.423 e. The van der Waals surface area contributed by atoms with Crippen LogP contribution in [-0.4, -0.2) is 17.2 Å². The van der Waals surface area contributed by atoms with Gasteiger partial charge in [0, 0.05) is 5.46 Å². The van der Waals surface area contributed by atoms with Gasteiger partial charge in [-0.1, -0.05) is 26.0 Å². The van der Waals surface area contributed by atoms with Crippen LogP contribution in [0.3, 0.4) is 0 Å². The summed E-state index contributed by atoms with van der Waals surface area (Å²) in [6.45, 7) is 4.03. The minimum atomic E-state index is -1.74. The zero-order valence-corrected chi connectivity index (χ0v) is 8.37. The molecular weight excluding hydrogens is 182 g/mol. The summed E-state index contributed by atoms with van der Waals surface area (Å²) in [5, 5.41) is 17.6. The number of hydrogen-bond donors (Lipinski definition) is 2. The van der Waals surface area contributed by atoms with Crippen molar-refractivity contribution >= 4 is 12.6 Å². The molecule has 2 nitrogen and oxygen atoms in total. The van der Waals surface area contributed by atoms with E-state index in [4.69, 9.17) is 10.0 Å². The van der Waals surface area contributed by atoms with Crippen molar-refractivity contribution in [1.29, 1.82) is 0 Å². The Labute approximate surface area is 83.5 Å². The van der Waals surface area contributed by atoms with Gasteiger partial charge in [0.1, 0.15) is 5.82 Å². The molecule has 1 unspecified atom stereocenters. The maximum Gasteiger partial charge on any atom is 0.491 e. The van der Waals surface area contributed by atoms with E-state index in [1.165, 1.54) is 12.1 Å². The molecule has 1 aromatic rings. The Hall–Kier alpha value is -0.865. The molecule has 2 N–H and O–H groups in total. The minimum absolute atomic E-state index is 0.0722. The molecule has 76 valence electrons. The van der Waals surface area contributed by atoms with Gasteiger partial charge in [0.15, 0.2) is 0 Å². The van der Waals surface area contributed by atoms with Crippen molar-refractivity contribution in [1.82, 2.24) is 0 Å². The third kappa shape index (κ3) is 2.33. The average Bonchev–Trinajstić information content (AvgIpc) is 2.15. The third-order valence-corrected chi connectivity index (χ3v) is 2.48. The van der Waals surface area contributed by atoms with Crippen LogP contribution in [0.5, 0.6) is 0 Å². The van der Waals surface area contributed by atoms with Gasteiger partial charge in [-0.25, -0.2) is 4.39 Å². The van der Waals surface area contributed by atoms with Crippen molar-refractivity contribution in [2.24, 2.45) is 0 Å². The molecule has 14 heavy (non-hydrogen) atoms. The zero-order valence-electron chi connectivity index (χ0n) is 8.37. The highest BCUT2D eigenvalue weighted by Crippen LogP contribution is 2.18. The normalized spacial score (nSPS) is 12.6. The molecule has 0 aliphatic heterocycles. The van der Waals surface area contributed by atoms with Crippen LogP contribution in [0, 0.1) is 5.82 Å². The van der Waals surface area contributed by atoms with E-state index in [1.54, 1.807) is 6.07 Å². The van der Waals surface area contributed by atoms with Crippen LogP contribution in [-0.2, 0) is 0 Å². The summed E-state index contributed by atoms with van der Waals surface area (Å²) in [4.78, 5) is 0. The van der Waals surface area contributed by atoms with Gasteiger partial charge < -0.3 is 10.0 Å². The highest BCUT2D eigenvalue weighted by Gasteiger charge is 2.17. The Balaban J connectivity index is 3.00. The summed E-state index contributed by atoms with van der Waals surface area (Å²) in [6, 6.07) is 4.51. The molecule has 0 bridgehead atoms. The van der Waals surface area contributed by atoms with Crippen LogP contribution in [0.15, 0.2) is 18.2 Å². The molecule has 0 aliphatic carbocycles. The maximum absolute atomic E-state index is 13.3. The molecule has 0 radical (unpaired) electrons. The smallest absolute Gasteiger partial charge is 0.423 e. The molecule has 0 aliphatic rings. The SMILES string of the molecule is CCC(C)c1ccc(B(O)O)c(F)c1. The second kappa shape index (κ2) is 4.57. The first-order valence-electron chi connectivity index (χ1n) is 4.71. The molecule has 0 heterocycles. The van der Waals surface area contributed by atoms with Gasteiger partial charge in [-0.3, -0.25) is 0 Å². The molecule has 1 atom stereocenters. The van der Waals surface area contributed by atoms with E-state index in [-0.39, 0.29) is 11.4 Å². The van der Waals surface area contributed by atoms with Crippen molar-refractivity contribution < 1.29 is 14.4 Å². The van der Waals surface area contributed by atoms with Gasteiger partial charge in [0.25, 0.3) is 0 Å². The van der Waals surface area contributed by atoms with E-state index >= 15 is 0 Å². The average molecular weight is 196 g/mol. The second-order valence-corrected chi connectivity index (χ2v) is 3.46. The molecule has 0 amide bonds. The van der Waals surface area contributed by atoms with Gasteiger partial charge in [-0.05, 0) is 24.0 Å². The Morgan fingerprint density at radius 1 is 1.43 bits per heavy atom. The topological polar surface area (TPSA) is 40.5 Å². The fourth-order valence-corrected chi connectivity index (χ4v) is 1.30. The fourth-order valence-electron chi connectivity index (χ4n) is 1.30. The van der Waals surface area contributed by atoms with Crippen LogP contribution in [0.1, 0.15) is 31.7 Å². The molecule has 1 rings (SSSR count). The molecule has 1 aromatic carbocycles. The van der Waals surface area contributed by atoms with Crippen molar-refractivity contribution in [3.05, 3.63) is 29.6 Å². The lowest BCUT2D eigenvalue weighted by molar-refractivity contribution is 0.423. The van der Waals surface area contributed by atoms with E-state index in [0.29, 0.717) is 0 Å². The van der Waals surface area contributed by atoms with Gasteiger partial charge in [-0.15, -0.1) is 0 Å². The Bertz CT molecular complexity index is 315. The van der Waals surface area contributed by atoms with Crippen molar-refractivity contribution in [3.63, 3.8) is 0 Å². The molecule has 0 fully saturated rings. The number of benzene rings is 1. The van der Waals surface area contributed by atoms with Crippen molar-refractivity contribution in [2.45, 2.75) is 26.2 Å². The molecule has 0 spiro atoms. The van der Waals surface area contributed by atoms with Crippen LogP contribution < -0.4 is 5.46 Å². The van der Waals surface area contributed by atoms with Crippen molar-refractivity contribution in [3.8, 4) is 0 Å². The Kier molecular flexibility index (Phi) is 3.66. The lowest BCUT2D eigenvalue weighted by Gasteiger charge is -2.10. The van der Waals surface area contributed by atoms with Gasteiger partial charge in [-0.2, -0.15) is 0 Å². The number of halogens is 1. The molecule has 0 aromatic heterocycles. The lowest BCUT2D eigenvalue weighted by Crippen LogP contribution is -2.32. The zero-order chi connectivity index (χ0) is 10.7. The first kappa shape index (κ1) is 11.2. The highest BCUT2D eigenvalue weighted by molar-refractivity contribution is 6.58. The first-order valence-corrected chi connectivity index (χ1v) is 4.71. The van der Waals surface area contributed by atoms with Crippen LogP contribution in [0.4, 0.5) is 4.39 Å². The van der Waals surface area contributed by atoms with Crippen LogP contribution in [0.2, 0.25) is 0 Å². The van der Waals surface area contributed by atoms with E-state index < -0.39 is 12.9 Å². The van der Waals surface area contributed by atoms with Gasteiger partial charge in [0.2, 0.25) is 0 Å². The van der Waals surface area contributed by atoms with E-state index in [9.17, 15) is 4.39 Å². The summed E-state index contributed by atoms with van der Waals surface area (Å²) in [5.74, 6) is -0.271. The van der Waals surface area contributed by atoms with E-state index in [0.717, 1.165) is 12.0 Å². The molecule has 4 heteroatoms. The number of hydrogen-bond acceptors (Lipinski definition) is 2. The summed E-state index contributed by atoms with van der Waals surface area (Å²) in [7, 11) is -1.74. The Morgan fingerprint density at radius 2 is 2.07 bits per heavy atom. The maximum atomic E-state index is 13.3. The largest absolute Gasteiger partial charge is 0.491 e. The van der Waals surface area contributed by atoms with E-state index in [1.807, 2.05) is 13.8 Å². The van der Waals surface area contributed by atoms with Gasteiger partial charge >= 0.3 is 7.12 Å². The predicted molar refractivity (Wildman–Crippen MR) is 54.9 cm³/mol. The monoisotopic (exact) mass is 196 g/mol. The third-order valence-electron chi connectivity index (χ3n) is 2.48. The summed E-state index contributed by atoms with van der Waals surface area (Å²) in [5.41, 5.74) is 0.812. The van der Waals surface area contributed by atoms with E-state index in [2.05, 4.69) is 0 Å². The second-order valence-electron chi connectivity index (χ2n) is 3.46. The summed E-state index contributed by atoms with van der Waals surface area (Å²) < 4.78 is 13.3. The summed E-state index contributed by atoms with van der Waals surface area (Å²) in [6.07, 6.45) is 0.931. The highest BCUT2D eigenvalue weighted by atomic mass is 19.1. The van der Waals surface area contributed by atoms with Crippen molar-refractivity contribution in [2.75, 3.05) is 0 Å². The quantitative estimate of drug-likeness (QED) is 0.708. The lowest BCUT2D eigenvalue weighted by atomic mass is 9.79. The first-order chi connectivity index (χ1) is 6.56. The van der Waals surface area contributed by atoms with Gasteiger partial charge in [0.05, 0.1) is 0 Å². The molecule has 0 saturated carbocycles. The van der Waals surface area contributed by atoms with Crippen LogP contribution >= 0.6 is 0 Å². The predicted octanol–water partition coefficient (Wildman–Crippen LogP) is 1.02.